The van der Waals surface area contributed by atoms with Gasteiger partial charge in [-0.3, -0.25) is 9.78 Å². The minimum Gasteiger partial charge on any atom is -0.369 e. The Morgan fingerprint density at radius 2 is 2.10 bits per heavy atom. The molecular weight excluding hydrogens is 266 g/mol. The number of nitrogen functional groups attached to an aromatic ring is 1. The Hall–Kier alpha value is -3.07. The summed E-state index contributed by atoms with van der Waals surface area (Å²) < 4.78 is 0. The number of nitrogens with two attached hydrogens (primary N) is 1. The normalized spacial score (nSPS) is 12.1. The predicted octanol–water partition coefficient (Wildman–Crippen LogP) is 1.88. The number of hydrogen-bond acceptors (Lipinski definition) is 4. The number of aromatic amines is 2. The van der Waals surface area contributed by atoms with Crippen LogP contribution in [0.5, 0.6) is 0 Å². The topological polar surface area (TPSA) is 111 Å². The van der Waals surface area contributed by atoms with Crippen molar-refractivity contribution in [3.63, 3.8) is 0 Å². The molecule has 0 fully saturated rings. The Bertz CT molecular complexity index is 872. The lowest BCUT2D eigenvalue weighted by Gasteiger charge is -2.13. The van der Waals surface area contributed by atoms with Gasteiger partial charge in [0.15, 0.2) is 0 Å². The molecule has 3 rings (SSSR count). The summed E-state index contributed by atoms with van der Waals surface area (Å²) in [6.45, 7) is 0. The van der Waals surface area contributed by atoms with Crippen molar-refractivity contribution in [3.05, 3.63) is 58.0 Å². The fourth-order valence-corrected chi connectivity index (χ4v) is 2.50. The molecule has 21 heavy (non-hydrogen) atoms. The zero-order valence-electron chi connectivity index (χ0n) is 11.1. The van der Waals surface area contributed by atoms with Crippen molar-refractivity contribution in [2.45, 2.75) is 12.3 Å². The molecule has 0 saturated carbocycles. The van der Waals surface area contributed by atoms with Gasteiger partial charge in [-0.25, -0.2) is 4.98 Å². The minimum atomic E-state index is -0.312. The molecule has 3 aromatic rings. The first-order chi connectivity index (χ1) is 10.2. The van der Waals surface area contributed by atoms with Crippen molar-refractivity contribution < 1.29 is 0 Å². The number of aromatic nitrogens is 3. The molecule has 0 aliphatic heterocycles. The molecule has 104 valence electrons. The van der Waals surface area contributed by atoms with E-state index in [1.165, 1.54) is 0 Å². The van der Waals surface area contributed by atoms with Gasteiger partial charge >= 0.3 is 0 Å². The van der Waals surface area contributed by atoms with Gasteiger partial charge in [-0.1, -0.05) is 30.3 Å². The van der Waals surface area contributed by atoms with Crippen molar-refractivity contribution in [1.29, 1.82) is 5.26 Å². The van der Waals surface area contributed by atoms with E-state index in [9.17, 15) is 4.79 Å². The zero-order chi connectivity index (χ0) is 14.8. The molecule has 0 radical (unpaired) electrons. The van der Waals surface area contributed by atoms with E-state index in [0.717, 1.165) is 11.1 Å². The highest BCUT2D eigenvalue weighted by Gasteiger charge is 2.20. The van der Waals surface area contributed by atoms with Gasteiger partial charge in [-0.2, -0.15) is 5.26 Å². The molecule has 6 heteroatoms. The fraction of sp³-hybridized carbons (Fsp3) is 0.133. The van der Waals surface area contributed by atoms with E-state index < -0.39 is 0 Å². The first kappa shape index (κ1) is 12.9. The van der Waals surface area contributed by atoms with Gasteiger partial charge in [-0.15, -0.1) is 0 Å². The van der Waals surface area contributed by atoms with Crippen LogP contribution in [0.25, 0.3) is 11.0 Å². The van der Waals surface area contributed by atoms with E-state index in [-0.39, 0.29) is 17.4 Å². The molecule has 0 amide bonds. The van der Waals surface area contributed by atoms with E-state index in [2.05, 4.69) is 21.0 Å². The Morgan fingerprint density at radius 1 is 1.33 bits per heavy atom. The third-order valence-corrected chi connectivity index (χ3v) is 3.46. The molecule has 2 heterocycles. The maximum absolute atomic E-state index is 11.9. The highest BCUT2D eigenvalue weighted by molar-refractivity contribution is 5.80. The summed E-state index contributed by atoms with van der Waals surface area (Å²) in [6, 6.07) is 11.9. The van der Waals surface area contributed by atoms with Crippen molar-refractivity contribution in [2.24, 2.45) is 0 Å². The highest BCUT2D eigenvalue weighted by atomic mass is 16.1. The lowest BCUT2D eigenvalue weighted by atomic mass is 9.90. The number of rotatable bonds is 3. The second-order valence-electron chi connectivity index (χ2n) is 4.74. The predicted molar refractivity (Wildman–Crippen MR) is 79.6 cm³/mol. The molecule has 0 aliphatic rings. The monoisotopic (exact) mass is 279 g/mol. The van der Waals surface area contributed by atoms with E-state index >= 15 is 0 Å². The molecule has 6 nitrogen and oxygen atoms in total. The van der Waals surface area contributed by atoms with E-state index in [1.807, 2.05) is 30.3 Å². The summed E-state index contributed by atoms with van der Waals surface area (Å²) in [5.41, 5.74) is 8.00. The Morgan fingerprint density at radius 3 is 2.81 bits per heavy atom. The average molecular weight is 279 g/mol. The number of fused-ring (bicyclic) bond motifs is 1. The number of nitrogens with zero attached hydrogens (tertiary/aromatic N) is 2. The van der Waals surface area contributed by atoms with Crippen molar-refractivity contribution in [3.8, 4) is 6.07 Å². The lowest BCUT2D eigenvalue weighted by Crippen LogP contribution is -2.11. The second-order valence-corrected chi connectivity index (χ2v) is 4.74. The Kier molecular flexibility index (Phi) is 3.16. The molecule has 0 bridgehead atoms. The lowest BCUT2D eigenvalue weighted by molar-refractivity contribution is 0.843. The van der Waals surface area contributed by atoms with Crippen LogP contribution < -0.4 is 11.3 Å². The molecule has 2 aromatic heterocycles. The van der Waals surface area contributed by atoms with Gasteiger partial charge in [0, 0.05) is 24.1 Å². The van der Waals surface area contributed by atoms with Gasteiger partial charge in [0.05, 0.1) is 6.07 Å². The number of nitriles is 1. The number of anilines is 1. The van der Waals surface area contributed by atoms with Crippen LogP contribution in [0.3, 0.4) is 0 Å². The quantitative estimate of drug-likeness (QED) is 0.679. The molecule has 0 saturated heterocycles. The fourth-order valence-electron chi connectivity index (χ4n) is 2.50. The summed E-state index contributed by atoms with van der Waals surface area (Å²) in [5, 5.41) is 9.10. The van der Waals surface area contributed by atoms with Crippen LogP contribution >= 0.6 is 0 Å². The first-order valence-electron chi connectivity index (χ1n) is 6.49. The van der Waals surface area contributed by atoms with Crippen LogP contribution in [-0.2, 0) is 0 Å². The standard InChI is InChI=1S/C15H13N5O/c16-7-6-10(9-4-2-1-3-5-9)11-8-18-13-12(11)19-15(17)20-14(13)21/h1-5,8,10,18H,6H2,(H3,17,19,20,21). The molecule has 0 spiro atoms. The van der Waals surface area contributed by atoms with Crippen LogP contribution in [0.2, 0.25) is 0 Å². The van der Waals surface area contributed by atoms with E-state index in [4.69, 9.17) is 11.0 Å². The summed E-state index contributed by atoms with van der Waals surface area (Å²) in [5.74, 6) is -0.0873. The molecule has 0 aliphatic carbocycles. The number of benzene rings is 1. The van der Waals surface area contributed by atoms with Gasteiger partial charge in [-0.05, 0) is 5.56 Å². The van der Waals surface area contributed by atoms with E-state index in [0.29, 0.717) is 17.5 Å². The van der Waals surface area contributed by atoms with Crippen molar-refractivity contribution in [1.82, 2.24) is 15.0 Å². The maximum Gasteiger partial charge on any atom is 0.276 e. The van der Waals surface area contributed by atoms with Crippen LogP contribution in [0.1, 0.15) is 23.5 Å². The molecule has 1 atom stereocenters. The first-order valence-corrected chi connectivity index (χ1v) is 6.49. The summed E-state index contributed by atoms with van der Waals surface area (Å²) in [7, 11) is 0. The highest BCUT2D eigenvalue weighted by Crippen LogP contribution is 2.31. The maximum atomic E-state index is 11.9. The smallest absolute Gasteiger partial charge is 0.276 e. The van der Waals surface area contributed by atoms with Crippen molar-refractivity contribution in [2.75, 3.05) is 5.73 Å². The van der Waals surface area contributed by atoms with Gasteiger partial charge < -0.3 is 10.7 Å². The summed E-state index contributed by atoms with van der Waals surface area (Å²) >= 11 is 0. The van der Waals surface area contributed by atoms with Crippen LogP contribution in [0.15, 0.2) is 41.3 Å². The molecular formula is C15H13N5O. The second kappa shape index (κ2) is 5.13. The van der Waals surface area contributed by atoms with Crippen LogP contribution in [-0.4, -0.2) is 15.0 Å². The Labute approximate surface area is 120 Å². The minimum absolute atomic E-state index is 0.0668. The molecule has 1 unspecified atom stereocenters. The SMILES string of the molecule is N#CCC(c1ccccc1)c1c[nH]c2c(=O)[nH]c(N)nc12. The summed E-state index contributed by atoms with van der Waals surface area (Å²) in [6.07, 6.45) is 2.02. The third kappa shape index (κ3) is 2.25. The van der Waals surface area contributed by atoms with Crippen LogP contribution in [0.4, 0.5) is 5.95 Å². The number of hydrogen-bond donors (Lipinski definition) is 3. The third-order valence-electron chi connectivity index (χ3n) is 3.46. The largest absolute Gasteiger partial charge is 0.369 e. The zero-order valence-corrected chi connectivity index (χ0v) is 11.1. The molecule has 4 N–H and O–H groups in total. The van der Waals surface area contributed by atoms with Gasteiger partial charge in [0.2, 0.25) is 5.95 Å². The van der Waals surface area contributed by atoms with Crippen molar-refractivity contribution >= 4 is 17.0 Å². The number of nitrogens with one attached hydrogen (secondary N) is 2. The number of H-pyrrole nitrogens is 2. The molecule has 1 aromatic carbocycles. The van der Waals surface area contributed by atoms with Gasteiger partial charge in [0.25, 0.3) is 5.56 Å². The van der Waals surface area contributed by atoms with E-state index in [1.54, 1.807) is 6.20 Å². The van der Waals surface area contributed by atoms with Crippen LogP contribution in [0, 0.1) is 11.3 Å². The van der Waals surface area contributed by atoms with Gasteiger partial charge in [0.1, 0.15) is 11.0 Å². The summed E-state index contributed by atoms with van der Waals surface area (Å²) in [4.78, 5) is 21.4. The average Bonchev–Trinajstić information content (AvgIpc) is 2.89. The Balaban J connectivity index is 2.22.